The molecule has 1 N–H and O–H groups in total. The van der Waals surface area contributed by atoms with E-state index in [1.807, 2.05) is 38.1 Å². The number of rotatable bonds is 5. The predicted molar refractivity (Wildman–Crippen MR) is 88.2 cm³/mol. The lowest BCUT2D eigenvalue weighted by molar-refractivity contribution is 0.102. The van der Waals surface area contributed by atoms with Crippen molar-refractivity contribution in [1.29, 1.82) is 0 Å². The summed E-state index contributed by atoms with van der Waals surface area (Å²) < 4.78 is 0. The van der Waals surface area contributed by atoms with Gasteiger partial charge in [0, 0.05) is 10.4 Å². The number of carbonyl (C=O) groups is 1. The maximum Gasteiger partial charge on any atom is 0.257 e. The SMILES string of the molecule is Cc1ccc(C(=O)Nc2nc(C)c(CCCS)s2)cc1. The monoisotopic (exact) mass is 306 g/mol. The Balaban J connectivity index is 2.06. The summed E-state index contributed by atoms with van der Waals surface area (Å²) in [7, 11) is 0. The van der Waals surface area contributed by atoms with Crippen LogP contribution in [0, 0.1) is 13.8 Å². The van der Waals surface area contributed by atoms with E-state index in [-0.39, 0.29) is 5.91 Å². The molecular weight excluding hydrogens is 288 g/mol. The summed E-state index contributed by atoms with van der Waals surface area (Å²) in [5.74, 6) is 0.752. The molecule has 0 bridgehead atoms. The van der Waals surface area contributed by atoms with E-state index in [1.165, 1.54) is 4.88 Å². The summed E-state index contributed by atoms with van der Waals surface area (Å²) in [6, 6.07) is 7.51. The summed E-state index contributed by atoms with van der Waals surface area (Å²) in [5.41, 5.74) is 2.79. The molecule has 1 aromatic carbocycles. The summed E-state index contributed by atoms with van der Waals surface area (Å²) in [5, 5.41) is 3.53. The molecule has 0 spiro atoms. The van der Waals surface area contributed by atoms with Crippen LogP contribution in [0.5, 0.6) is 0 Å². The third-order valence-corrected chi connectivity index (χ3v) is 4.44. The van der Waals surface area contributed by atoms with Crippen LogP contribution in [0.25, 0.3) is 0 Å². The van der Waals surface area contributed by atoms with Gasteiger partial charge in [-0.05, 0) is 44.6 Å². The summed E-state index contributed by atoms with van der Waals surface area (Å²) in [4.78, 5) is 17.7. The van der Waals surface area contributed by atoms with Crippen LogP contribution in [0.4, 0.5) is 5.13 Å². The quantitative estimate of drug-likeness (QED) is 0.823. The van der Waals surface area contributed by atoms with Crippen molar-refractivity contribution in [3.05, 3.63) is 46.0 Å². The van der Waals surface area contributed by atoms with Gasteiger partial charge >= 0.3 is 0 Å². The number of benzene rings is 1. The van der Waals surface area contributed by atoms with Gasteiger partial charge in [-0.25, -0.2) is 4.98 Å². The fraction of sp³-hybridized carbons (Fsp3) is 0.333. The zero-order valence-corrected chi connectivity index (χ0v) is 13.4. The van der Waals surface area contributed by atoms with Crippen molar-refractivity contribution in [1.82, 2.24) is 4.98 Å². The minimum absolute atomic E-state index is 0.112. The van der Waals surface area contributed by atoms with E-state index < -0.39 is 0 Å². The fourth-order valence-electron chi connectivity index (χ4n) is 1.83. The van der Waals surface area contributed by atoms with Gasteiger partial charge in [-0.1, -0.05) is 17.7 Å². The molecule has 20 heavy (non-hydrogen) atoms. The van der Waals surface area contributed by atoms with Gasteiger partial charge in [0.05, 0.1) is 5.69 Å². The topological polar surface area (TPSA) is 42.0 Å². The molecule has 0 radical (unpaired) electrons. The number of carbonyl (C=O) groups excluding carboxylic acids is 1. The summed E-state index contributed by atoms with van der Waals surface area (Å²) >= 11 is 5.77. The average Bonchev–Trinajstić information content (AvgIpc) is 2.77. The van der Waals surface area contributed by atoms with Crippen molar-refractivity contribution >= 4 is 35.0 Å². The molecule has 0 saturated heterocycles. The van der Waals surface area contributed by atoms with Gasteiger partial charge in [0.1, 0.15) is 0 Å². The molecule has 0 aliphatic rings. The van der Waals surface area contributed by atoms with Crippen LogP contribution in [0.15, 0.2) is 24.3 Å². The predicted octanol–water partition coefficient (Wildman–Crippen LogP) is 3.87. The van der Waals surface area contributed by atoms with E-state index in [1.54, 1.807) is 11.3 Å². The van der Waals surface area contributed by atoms with E-state index in [9.17, 15) is 4.79 Å². The lowest BCUT2D eigenvalue weighted by Crippen LogP contribution is -2.11. The van der Waals surface area contributed by atoms with Crippen LogP contribution >= 0.6 is 24.0 Å². The molecular formula is C15H18N2OS2. The Kier molecular flexibility index (Phi) is 5.20. The van der Waals surface area contributed by atoms with Crippen LogP contribution < -0.4 is 5.32 Å². The minimum Gasteiger partial charge on any atom is -0.298 e. The van der Waals surface area contributed by atoms with Gasteiger partial charge in [0.2, 0.25) is 0 Å². The largest absolute Gasteiger partial charge is 0.298 e. The first kappa shape index (κ1) is 15.1. The second kappa shape index (κ2) is 6.90. The first-order chi connectivity index (χ1) is 9.60. The number of thiazole rings is 1. The van der Waals surface area contributed by atoms with Crippen LogP contribution in [0.1, 0.15) is 32.9 Å². The van der Waals surface area contributed by atoms with Crippen molar-refractivity contribution in [2.24, 2.45) is 0 Å². The third-order valence-electron chi connectivity index (χ3n) is 2.99. The maximum absolute atomic E-state index is 12.1. The maximum atomic E-state index is 12.1. The van der Waals surface area contributed by atoms with Crippen molar-refractivity contribution in [3.63, 3.8) is 0 Å². The highest BCUT2D eigenvalue weighted by Gasteiger charge is 2.11. The zero-order valence-electron chi connectivity index (χ0n) is 11.6. The molecule has 0 saturated carbocycles. The number of nitrogens with one attached hydrogen (secondary N) is 1. The molecule has 0 aliphatic carbocycles. The van der Waals surface area contributed by atoms with Gasteiger partial charge in [-0.15, -0.1) is 11.3 Å². The molecule has 106 valence electrons. The molecule has 0 aliphatic heterocycles. The lowest BCUT2D eigenvalue weighted by Gasteiger charge is -2.01. The van der Waals surface area contributed by atoms with Crippen molar-refractivity contribution < 1.29 is 4.79 Å². The highest BCUT2D eigenvalue weighted by atomic mass is 32.1. The van der Waals surface area contributed by atoms with Crippen LogP contribution in [0.3, 0.4) is 0 Å². The zero-order chi connectivity index (χ0) is 14.5. The number of thiol groups is 1. The third kappa shape index (κ3) is 3.84. The number of hydrogen-bond acceptors (Lipinski definition) is 4. The molecule has 1 aromatic heterocycles. The number of anilines is 1. The number of hydrogen-bond donors (Lipinski definition) is 2. The van der Waals surface area contributed by atoms with Crippen molar-refractivity contribution in [2.45, 2.75) is 26.7 Å². The Labute approximate surface area is 128 Å². The van der Waals surface area contributed by atoms with E-state index in [0.717, 1.165) is 29.9 Å². The molecule has 1 heterocycles. The van der Waals surface area contributed by atoms with Gasteiger partial charge in [-0.3, -0.25) is 10.1 Å². The molecule has 0 fully saturated rings. The molecule has 0 atom stereocenters. The number of aryl methyl sites for hydroxylation is 3. The standard InChI is InChI=1S/C15H18N2OS2/c1-10-5-7-12(8-6-10)14(18)17-15-16-11(2)13(20-15)4-3-9-19/h5-8,19H,3-4,9H2,1-2H3,(H,16,17,18). The first-order valence-corrected chi connectivity index (χ1v) is 8.00. The van der Waals surface area contributed by atoms with E-state index in [0.29, 0.717) is 10.7 Å². The van der Waals surface area contributed by atoms with Crippen LogP contribution in [-0.4, -0.2) is 16.6 Å². The van der Waals surface area contributed by atoms with E-state index >= 15 is 0 Å². The molecule has 3 nitrogen and oxygen atoms in total. The van der Waals surface area contributed by atoms with Gasteiger partial charge in [0.25, 0.3) is 5.91 Å². The fourth-order valence-corrected chi connectivity index (χ4v) is 2.98. The van der Waals surface area contributed by atoms with Gasteiger partial charge < -0.3 is 0 Å². The Morgan fingerprint density at radius 2 is 2.00 bits per heavy atom. The second-order valence-electron chi connectivity index (χ2n) is 4.67. The lowest BCUT2D eigenvalue weighted by atomic mass is 10.1. The molecule has 2 rings (SSSR count). The Morgan fingerprint density at radius 1 is 1.30 bits per heavy atom. The highest BCUT2D eigenvalue weighted by molar-refractivity contribution is 7.80. The van der Waals surface area contributed by atoms with Crippen molar-refractivity contribution in [3.8, 4) is 0 Å². The normalized spacial score (nSPS) is 10.6. The molecule has 2 aromatic rings. The van der Waals surface area contributed by atoms with Crippen LogP contribution in [-0.2, 0) is 6.42 Å². The van der Waals surface area contributed by atoms with E-state index in [4.69, 9.17) is 0 Å². The minimum atomic E-state index is -0.112. The number of aromatic nitrogens is 1. The number of amides is 1. The Bertz CT molecular complexity index is 590. The first-order valence-electron chi connectivity index (χ1n) is 6.55. The summed E-state index contributed by atoms with van der Waals surface area (Å²) in [6.07, 6.45) is 1.99. The molecule has 1 amide bonds. The number of nitrogens with zero attached hydrogens (tertiary/aromatic N) is 1. The molecule has 5 heteroatoms. The summed E-state index contributed by atoms with van der Waals surface area (Å²) in [6.45, 7) is 3.98. The van der Waals surface area contributed by atoms with Gasteiger partial charge in [-0.2, -0.15) is 12.6 Å². The average molecular weight is 306 g/mol. The highest BCUT2D eigenvalue weighted by Crippen LogP contribution is 2.24. The van der Waals surface area contributed by atoms with Crippen molar-refractivity contribution in [2.75, 3.05) is 11.1 Å². The van der Waals surface area contributed by atoms with Crippen LogP contribution in [0.2, 0.25) is 0 Å². The Hall–Kier alpha value is -1.33. The Morgan fingerprint density at radius 3 is 2.65 bits per heavy atom. The van der Waals surface area contributed by atoms with Gasteiger partial charge in [0.15, 0.2) is 5.13 Å². The van der Waals surface area contributed by atoms with E-state index in [2.05, 4.69) is 22.9 Å². The molecule has 0 unspecified atom stereocenters. The smallest absolute Gasteiger partial charge is 0.257 e. The second-order valence-corrected chi connectivity index (χ2v) is 6.21.